The number of rotatable bonds is 12. The number of carbonyl (C=O) groups excluding carboxylic acids is 1. The maximum absolute atomic E-state index is 14.7. The van der Waals surface area contributed by atoms with Crippen molar-refractivity contribution in [1.29, 1.82) is 0 Å². The molecule has 1 amide bonds. The molecule has 0 unspecified atom stereocenters. The lowest BCUT2D eigenvalue weighted by molar-refractivity contribution is -0.129. The first-order chi connectivity index (χ1) is 22.6. The van der Waals surface area contributed by atoms with Gasteiger partial charge in [0, 0.05) is 47.7 Å². The Morgan fingerprint density at radius 2 is 1.67 bits per heavy atom. The average molecular weight is 612 g/mol. The molecule has 0 aliphatic carbocycles. The third-order valence-electron chi connectivity index (χ3n) is 8.04. The number of carbonyl (C=O) groups is 1. The monoisotopic (exact) mass is 611 g/mol. The van der Waals surface area contributed by atoms with Crippen molar-refractivity contribution in [3.8, 4) is 5.75 Å². The Kier molecular flexibility index (Phi) is 9.24. The molecule has 5 aromatic rings. The molecular weight excluding hydrogens is 578 g/mol. The molecule has 9 heteroatoms. The third kappa shape index (κ3) is 6.42. The van der Waals surface area contributed by atoms with E-state index in [1.54, 1.807) is 24.3 Å². The topological polar surface area (TPSA) is 129 Å². The summed E-state index contributed by atoms with van der Waals surface area (Å²) in [7, 11) is 0. The van der Waals surface area contributed by atoms with Gasteiger partial charge in [-0.3, -0.25) is 4.79 Å². The molecule has 0 radical (unpaired) electrons. The molecule has 1 aliphatic rings. The van der Waals surface area contributed by atoms with Gasteiger partial charge in [-0.15, -0.1) is 0 Å². The van der Waals surface area contributed by atoms with E-state index in [4.69, 9.17) is 19.6 Å². The number of fused-ring (bicyclic) bond motifs is 1. The van der Waals surface area contributed by atoms with Gasteiger partial charge in [-0.1, -0.05) is 102 Å². The van der Waals surface area contributed by atoms with Crippen LogP contribution in [0.1, 0.15) is 34.8 Å². The number of aliphatic hydroxyl groups is 1. The van der Waals surface area contributed by atoms with Crippen LogP contribution in [0.5, 0.6) is 5.75 Å². The molecule has 2 atom stereocenters. The highest BCUT2D eigenvalue weighted by Crippen LogP contribution is 2.45. The fraction of sp³-hybridized carbons (Fsp3) is 0.189. The van der Waals surface area contributed by atoms with Crippen molar-refractivity contribution < 1.29 is 19.4 Å². The highest BCUT2D eigenvalue weighted by molar-refractivity contribution is 6.01. The minimum atomic E-state index is -1.45. The van der Waals surface area contributed by atoms with E-state index in [1.807, 2.05) is 97.1 Å². The Bertz CT molecular complexity index is 1900. The molecule has 0 bridgehead atoms. The minimum absolute atomic E-state index is 0.0491. The Labute approximate surface area is 266 Å². The van der Waals surface area contributed by atoms with E-state index in [-0.39, 0.29) is 25.5 Å². The second-order valence-electron chi connectivity index (χ2n) is 11.0. The standard InChI is InChI=1S/C37H33N5O4/c38-42-41-33-17-7-6-16-32(33)34-37(24-26-10-2-1-3-11-26,36(44)39-25-29-14-8-13-27-12-4-5-15-31(27)29)40-35(46-34)28-18-20-30(21-19-28)45-23-9-22-43/h1-8,10-21,34,43H,9,22-25H2,(H,39,44)/t34-,37-/m1/s1. The SMILES string of the molecule is [N-]=[N+]=Nc1ccccc1[C@H]1OC(c2ccc(OCCCO)cc2)=N[C@@]1(Cc1ccccc1)C(=O)NCc1cccc2ccccc12. The Hall–Kier alpha value is -5.63. The van der Waals surface area contributed by atoms with Crippen molar-refractivity contribution in [2.45, 2.75) is 31.0 Å². The minimum Gasteiger partial charge on any atom is -0.494 e. The van der Waals surface area contributed by atoms with Gasteiger partial charge in [0.1, 0.15) is 5.75 Å². The van der Waals surface area contributed by atoms with Gasteiger partial charge in [-0.05, 0) is 51.7 Å². The average Bonchev–Trinajstić information content (AvgIpc) is 3.48. The highest BCUT2D eigenvalue weighted by atomic mass is 16.5. The molecule has 0 fully saturated rings. The molecule has 6 rings (SSSR count). The van der Waals surface area contributed by atoms with Gasteiger partial charge in [-0.25, -0.2) is 4.99 Å². The number of amides is 1. The van der Waals surface area contributed by atoms with Crippen LogP contribution in [-0.2, 0) is 22.5 Å². The number of nitrogens with one attached hydrogen (secondary N) is 1. The van der Waals surface area contributed by atoms with E-state index in [1.165, 1.54) is 0 Å². The summed E-state index contributed by atoms with van der Waals surface area (Å²) in [5.41, 5.74) is 11.4. The zero-order valence-corrected chi connectivity index (χ0v) is 25.1. The summed E-state index contributed by atoms with van der Waals surface area (Å²) >= 11 is 0. The van der Waals surface area contributed by atoms with Gasteiger partial charge in [-0.2, -0.15) is 0 Å². The lowest BCUT2D eigenvalue weighted by atomic mass is 9.81. The summed E-state index contributed by atoms with van der Waals surface area (Å²) in [5.74, 6) is 0.618. The normalized spacial score (nSPS) is 17.1. The zero-order chi connectivity index (χ0) is 31.8. The van der Waals surface area contributed by atoms with Crippen LogP contribution in [0, 0.1) is 0 Å². The van der Waals surface area contributed by atoms with Gasteiger partial charge in [0.25, 0.3) is 5.91 Å². The molecular formula is C37H33N5O4. The van der Waals surface area contributed by atoms with E-state index in [0.717, 1.165) is 21.9 Å². The summed E-state index contributed by atoms with van der Waals surface area (Å²) in [6.07, 6.45) is -0.145. The molecule has 0 spiro atoms. The molecule has 5 aromatic carbocycles. The molecule has 2 N–H and O–H groups in total. The van der Waals surface area contributed by atoms with Gasteiger partial charge in [0.05, 0.1) is 6.61 Å². The van der Waals surface area contributed by atoms with E-state index in [9.17, 15) is 10.3 Å². The smallest absolute Gasteiger partial charge is 0.252 e. The van der Waals surface area contributed by atoms with Crippen molar-refractivity contribution in [3.05, 3.63) is 154 Å². The second-order valence-corrected chi connectivity index (χ2v) is 11.0. The zero-order valence-electron chi connectivity index (χ0n) is 25.1. The van der Waals surface area contributed by atoms with E-state index in [2.05, 4.69) is 15.3 Å². The maximum Gasteiger partial charge on any atom is 0.252 e. The summed E-state index contributed by atoms with van der Waals surface area (Å²) < 4.78 is 12.3. The van der Waals surface area contributed by atoms with Crippen LogP contribution in [0.15, 0.2) is 131 Å². The number of aliphatic hydroxyl groups excluding tert-OH is 1. The number of azide groups is 1. The van der Waals surface area contributed by atoms with Crippen molar-refractivity contribution >= 4 is 28.3 Å². The number of aliphatic imine (C=N–C) groups is 1. The summed E-state index contributed by atoms with van der Waals surface area (Å²) in [4.78, 5) is 22.8. The Balaban J connectivity index is 1.43. The van der Waals surface area contributed by atoms with Crippen LogP contribution in [-0.4, -0.2) is 35.7 Å². The van der Waals surface area contributed by atoms with Gasteiger partial charge >= 0.3 is 0 Å². The summed E-state index contributed by atoms with van der Waals surface area (Å²) in [5, 5.41) is 18.3. The molecule has 46 heavy (non-hydrogen) atoms. The molecule has 0 saturated heterocycles. The van der Waals surface area contributed by atoms with Gasteiger partial charge in [0.15, 0.2) is 11.6 Å². The van der Waals surface area contributed by atoms with Crippen molar-refractivity contribution in [3.63, 3.8) is 0 Å². The van der Waals surface area contributed by atoms with Crippen LogP contribution < -0.4 is 10.1 Å². The predicted molar refractivity (Wildman–Crippen MR) is 178 cm³/mol. The summed E-state index contributed by atoms with van der Waals surface area (Å²) in [6.45, 7) is 0.724. The predicted octanol–water partition coefficient (Wildman–Crippen LogP) is 7.36. The second kappa shape index (κ2) is 14.0. The van der Waals surface area contributed by atoms with E-state index >= 15 is 0 Å². The van der Waals surface area contributed by atoms with Crippen molar-refractivity contribution in [1.82, 2.24) is 5.32 Å². The van der Waals surface area contributed by atoms with Gasteiger partial charge in [0.2, 0.25) is 5.90 Å². The third-order valence-corrected chi connectivity index (χ3v) is 8.04. The van der Waals surface area contributed by atoms with Gasteiger partial charge < -0.3 is 19.9 Å². The first-order valence-corrected chi connectivity index (χ1v) is 15.1. The number of ether oxygens (including phenoxy) is 2. The highest BCUT2D eigenvalue weighted by Gasteiger charge is 2.53. The first kappa shape index (κ1) is 30.4. The Morgan fingerprint density at radius 1 is 0.935 bits per heavy atom. The Morgan fingerprint density at radius 3 is 2.48 bits per heavy atom. The summed E-state index contributed by atoms with van der Waals surface area (Å²) in [6, 6.07) is 38.2. The lowest BCUT2D eigenvalue weighted by Gasteiger charge is -2.31. The number of hydrogen-bond donors (Lipinski definition) is 2. The molecule has 9 nitrogen and oxygen atoms in total. The first-order valence-electron chi connectivity index (χ1n) is 15.1. The van der Waals surface area contributed by atoms with Crippen LogP contribution in [0.3, 0.4) is 0 Å². The number of nitrogens with zero attached hydrogens (tertiary/aromatic N) is 4. The quantitative estimate of drug-likeness (QED) is 0.0661. The lowest BCUT2D eigenvalue weighted by Crippen LogP contribution is -2.49. The van der Waals surface area contributed by atoms with E-state index in [0.29, 0.717) is 41.5 Å². The van der Waals surface area contributed by atoms with E-state index < -0.39 is 11.6 Å². The molecule has 0 aromatic heterocycles. The number of hydrogen-bond acceptors (Lipinski definition) is 6. The molecule has 1 heterocycles. The molecule has 0 saturated carbocycles. The maximum atomic E-state index is 14.7. The van der Waals surface area contributed by atoms with Crippen LogP contribution in [0.25, 0.3) is 21.2 Å². The number of benzene rings is 5. The fourth-order valence-corrected chi connectivity index (χ4v) is 5.79. The van der Waals surface area contributed by atoms with Crippen LogP contribution in [0.4, 0.5) is 5.69 Å². The largest absolute Gasteiger partial charge is 0.494 e. The molecule has 230 valence electrons. The van der Waals surface area contributed by atoms with Crippen molar-refractivity contribution in [2.24, 2.45) is 10.1 Å². The molecule has 1 aliphatic heterocycles. The van der Waals surface area contributed by atoms with Crippen LogP contribution >= 0.6 is 0 Å². The van der Waals surface area contributed by atoms with Crippen molar-refractivity contribution in [2.75, 3.05) is 13.2 Å². The van der Waals surface area contributed by atoms with Crippen LogP contribution in [0.2, 0.25) is 0 Å². The fourth-order valence-electron chi connectivity index (χ4n) is 5.79.